The van der Waals surface area contributed by atoms with Gasteiger partial charge in [-0.2, -0.15) is 10.1 Å². The molecule has 3 rings (SSSR count). The van der Waals surface area contributed by atoms with Gasteiger partial charge >= 0.3 is 0 Å². The van der Waals surface area contributed by atoms with Gasteiger partial charge in [-0.15, -0.1) is 0 Å². The summed E-state index contributed by atoms with van der Waals surface area (Å²) >= 11 is 0. The summed E-state index contributed by atoms with van der Waals surface area (Å²) in [5.74, 6) is -0.00247. The highest BCUT2D eigenvalue weighted by Crippen LogP contribution is 2.26. The van der Waals surface area contributed by atoms with Crippen molar-refractivity contribution >= 4 is 21.5 Å². The van der Waals surface area contributed by atoms with Crippen molar-refractivity contribution in [1.82, 2.24) is 19.6 Å². The highest BCUT2D eigenvalue weighted by Gasteiger charge is 2.18. The topological polar surface area (TPSA) is 122 Å². The second-order valence-electron chi connectivity index (χ2n) is 4.63. The Balaban J connectivity index is 2.02. The highest BCUT2D eigenvalue weighted by atomic mass is 32.2. The van der Waals surface area contributed by atoms with E-state index in [4.69, 9.17) is 4.74 Å². The number of nitrogens with zero attached hydrogens (tertiary/aromatic N) is 4. The first-order valence-corrected chi connectivity index (χ1v) is 7.95. The molecule has 2 aromatic heterocycles. The van der Waals surface area contributed by atoms with Gasteiger partial charge in [-0.1, -0.05) is 0 Å². The van der Waals surface area contributed by atoms with Gasteiger partial charge in [-0.05, 0) is 31.2 Å². The SMILES string of the molecule is COc1ccc(S(=O)(=O)Nc2c(C)nc3ncnn3c2[O-])cc1. The van der Waals surface area contributed by atoms with Gasteiger partial charge in [0, 0.05) is 5.88 Å². The average molecular weight is 334 g/mol. The molecule has 23 heavy (non-hydrogen) atoms. The molecule has 0 unspecified atom stereocenters. The number of fused-ring (bicyclic) bond motifs is 1. The third-order valence-electron chi connectivity index (χ3n) is 3.17. The van der Waals surface area contributed by atoms with E-state index in [-0.39, 0.29) is 22.1 Å². The Hall–Kier alpha value is -2.88. The lowest BCUT2D eigenvalue weighted by atomic mass is 10.3. The fourth-order valence-corrected chi connectivity index (χ4v) is 3.10. The highest BCUT2D eigenvalue weighted by molar-refractivity contribution is 7.92. The molecule has 0 aliphatic heterocycles. The van der Waals surface area contributed by atoms with E-state index in [0.29, 0.717) is 5.75 Å². The summed E-state index contributed by atoms with van der Waals surface area (Å²) in [5, 5.41) is 16.0. The molecule has 0 amide bonds. The van der Waals surface area contributed by atoms with Gasteiger partial charge in [0.25, 0.3) is 15.8 Å². The Labute approximate surface area is 131 Å². The number of sulfonamides is 1. The molecule has 0 spiro atoms. The van der Waals surface area contributed by atoms with Gasteiger partial charge in [0.2, 0.25) is 0 Å². The largest absolute Gasteiger partial charge is 0.857 e. The van der Waals surface area contributed by atoms with E-state index in [1.54, 1.807) is 0 Å². The third kappa shape index (κ3) is 2.63. The Kier molecular flexibility index (Phi) is 3.52. The summed E-state index contributed by atoms with van der Waals surface area (Å²) < 4.78 is 33.0. The van der Waals surface area contributed by atoms with Crippen LogP contribution in [0.5, 0.6) is 11.6 Å². The van der Waals surface area contributed by atoms with E-state index in [9.17, 15) is 13.5 Å². The fraction of sp³-hybridized carbons (Fsp3) is 0.154. The zero-order valence-corrected chi connectivity index (χ0v) is 13.0. The number of rotatable bonds is 4. The number of hydrogen-bond acceptors (Lipinski definition) is 7. The van der Waals surface area contributed by atoms with Crippen LogP contribution < -0.4 is 14.6 Å². The number of anilines is 1. The van der Waals surface area contributed by atoms with E-state index in [1.165, 1.54) is 44.6 Å². The summed E-state index contributed by atoms with van der Waals surface area (Å²) in [6.45, 7) is 1.52. The predicted octanol–water partition coefficient (Wildman–Crippen LogP) is 0.316. The number of methoxy groups -OCH3 is 1. The molecule has 0 saturated heterocycles. The molecule has 2 heterocycles. The van der Waals surface area contributed by atoms with Crippen molar-refractivity contribution in [1.29, 1.82) is 0 Å². The molecule has 0 aliphatic carbocycles. The van der Waals surface area contributed by atoms with E-state index < -0.39 is 15.9 Å². The quantitative estimate of drug-likeness (QED) is 0.729. The van der Waals surface area contributed by atoms with E-state index in [1.807, 2.05) is 0 Å². The van der Waals surface area contributed by atoms with Crippen LogP contribution in [0.15, 0.2) is 35.5 Å². The van der Waals surface area contributed by atoms with Crippen LogP contribution in [0.4, 0.5) is 5.69 Å². The van der Waals surface area contributed by atoms with Crippen LogP contribution in [0.2, 0.25) is 0 Å². The molecule has 0 bridgehead atoms. The summed E-state index contributed by atoms with van der Waals surface area (Å²) in [5.41, 5.74) is 0.0476. The third-order valence-corrected chi connectivity index (χ3v) is 4.54. The molecular weight excluding hydrogens is 322 g/mol. The summed E-state index contributed by atoms with van der Waals surface area (Å²) in [6, 6.07) is 5.78. The standard InChI is InChI=1S/C13H13N5O4S/c1-8-11(12(19)18-13(16-8)14-7-15-18)17-23(20,21)10-5-3-9(22-2)4-6-10/h3-7,17,19H,1-2H3/p-1. The zero-order chi connectivity index (χ0) is 16.6. The molecule has 0 aliphatic rings. The molecule has 0 atom stereocenters. The van der Waals surface area contributed by atoms with Gasteiger partial charge in [0.15, 0.2) is 0 Å². The number of hydrogen-bond donors (Lipinski definition) is 1. The van der Waals surface area contributed by atoms with Crippen molar-refractivity contribution in [3.8, 4) is 11.6 Å². The van der Waals surface area contributed by atoms with Crippen molar-refractivity contribution in [2.45, 2.75) is 11.8 Å². The molecule has 0 radical (unpaired) electrons. The average Bonchev–Trinajstić information content (AvgIpc) is 3.00. The van der Waals surface area contributed by atoms with Crippen molar-refractivity contribution in [3.63, 3.8) is 0 Å². The second kappa shape index (κ2) is 5.39. The second-order valence-corrected chi connectivity index (χ2v) is 6.31. The number of nitrogens with one attached hydrogen (secondary N) is 1. The van der Waals surface area contributed by atoms with Crippen LogP contribution in [0.3, 0.4) is 0 Å². The lowest BCUT2D eigenvalue weighted by Gasteiger charge is -2.18. The minimum atomic E-state index is -3.94. The smallest absolute Gasteiger partial charge is 0.261 e. The van der Waals surface area contributed by atoms with Crippen molar-refractivity contribution < 1.29 is 18.3 Å². The molecule has 9 nitrogen and oxygen atoms in total. The Morgan fingerprint density at radius 3 is 2.61 bits per heavy atom. The molecule has 10 heteroatoms. The number of aromatic nitrogens is 4. The maximum Gasteiger partial charge on any atom is 0.261 e. The Morgan fingerprint density at radius 2 is 1.96 bits per heavy atom. The molecule has 120 valence electrons. The molecule has 0 fully saturated rings. The van der Waals surface area contributed by atoms with Crippen LogP contribution >= 0.6 is 0 Å². The summed E-state index contributed by atoms with van der Waals surface area (Å²) in [4.78, 5) is 7.84. The predicted molar refractivity (Wildman–Crippen MR) is 78.8 cm³/mol. The molecule has 3 aromatic rings. The minimum Gasteiger partial charge on any atom is -0.857 e. The molecule has 0 saturated carbocycles. The van der Waals surface area contributed by atoms with Crippen LogP contribution in [0, 0.1) is 6.92 Å². The molecular formula is C13H12N5O4S-. The number of aryl methyl sites for hydroxylation is 1. The zero-order valence-electron chi connectivity index (χ0n) is 12.2. The number of ether oxygens (including phenoxy) is 1. The Morgan fingerprint density at radius 1 is 1.26 bits per heavy atom. The lowest BCUT2D eigenvalue weighted by molar-refractivity contribution is -0.276. The maximum absolute atomic E-state index is 12.4. The molecule has 1 aromatic carbocycles. The number of benzene rings is 1. The van der Waals surface area contributed by atoms with E-state index in [2.05, 4.69) is 19.8 Å². The Bertz CT molecular complexity index is 966. The summed E-state index contributed by atoms with van der Waals surface area (Å²) in [6.07, 6.45) is 1.17. The first-order chi connectivity index (χ1) is 10.9. The van der Waals surface area contributed by atoms with Crippen LogP contribution in [-0.4, -0.2) is 35.1 Å². The monoisotopic (exact) mass is 334 g/mol. The summed E-state index contributed by atoms with van der Waals surface area (Å²) in [7, 11) is -2.46. The van der Waals surface area contributed by atoms with Crippen LogP contribution in [-0.2, 0) is 10.0 Å². The normalized spacial score (nSPS) is 11.6. The van der Waals surface area contributed by atoms with Gasteiger partial charge in [-0.3, -0.25) is 4.72 Å². The van der Waals surface area contributed by atoms with Crippen molar-refractivity contribution in [2.24, 2.45) is 0 Å². The van der Waals surface area contributed by atoms with E-state index in [0.717, 1.165) is 4.52 Å². The molecule has 1 N–H and O–H groups in total. The maximum atomic E-state index is 12.4. The van der Waals surface area contributed by atoms with Gasteiger partial charge in [0.05, 0.1) is 23.4 Å². The van der Waals surface area contributed by atoms with E-state index >= 15 is 0 Å². The van der Waals surface area contributed by atoms with Gasteiger partial charge < -0.3 is 9.84 Å². The fourth-order valence-electron chi connectivity index (χ4n) is 1.99. The van der Waals surface area contributed by atoms with Gasteiger partial charge in [0.1, 0.15) is 12.1 Å². The van der Waals surface area contributed by atoms with Crippen molar-refractivity contribution in [3.05, 3.63) is 36.3 Å². The first-order valence-electron chi connectivity index (χ1n) is 6.46. The van der Waals surface area contributed by atoms with Crippen LogP contribution in [0.25, 0.3) is 5.78 Å². The minimum absolute atomic E-state index is 0.00390. The lowest BCUT2D eigenvalue weighted by Crippen LogP contribution is -2.18. The van der Waals surface area contributed by atoms with Crippen molar-refractivity contribution in [2.75, 3.05) is 11.8 Å². The first kappa shape index (κ1) is 15.0. The van der Waals surface area contributed by atoms with Crippen LogP contribution in [0.1, 0.15) is 5.69 Å². The van der Waals surface area contributed by atoms with Gasteiger partial charge in [-0.25, -0.2) is 17.9 Å².